The van der Waals surface area contributed by atoms with Crippen molar-refractivity contribution in [3.8, 4) is 0 Å². The molecule has 64 valence electrons. The molecule has 0 rings (SSSR count). The number of hydrogen-bond donors (Lipinski definition) is 0. The average molecular weight is 184 g/mol. The van der Waals surface area contributed by atoms with Crippen molar-refractivity contribution in [2.45, 2.75) is 0 Å². The van der Waals surface area contributed by atoms with Crippen LogP contribution in [0, 0.1) is 0 Å². The van der Waals surface area contributed by atoms with E-state index in [0.29, 0.717) is 0 Å². The minimum Gasteiger partial charge on any atom is -0.431 e. The van der Waals surface area contributed by atoms with Gasteiger partial charge in [-0.15, -0.1) is 0 Å². The maximum absolute atomic E-state index is 4.74. The van der Waals surface area contributed by atoms with Crippen LogP contribution in [0.3, 0.4) is 0 Å². The van der Waals surface area contributed by atoms with Crippen LogP contribution in [0.25, 0.3) is 0 Å². The monoisotopic (exact) mass is 184 g/mol. The molecule has 4 nitrogen and oxygen atoms in total. The van der Waals surface area contributed by atoms with E-state index in [1.54, 1.807) is 28.4 Å². The zero-order valence-corrected chi connectivity index (χ0v) is 10.4. The Bertz CT molecular complexity index is 45.0. The lowest BCUT2D eigenvalue weighted by Gasteiger charge is -2.05. The zero-order chi connectivity index (χ0) is 8.41. The molecule has 0 heterocycles. The van der Waals surface area contributed by atoms with Crippen LogP contribution in [0.15, 0.2) is 0 Å². The Morgan fingerprint density at radius 2 is 1.10 bits per heavy atom. The Hall–Kier alpha value is 0.274. The van der Waals surface area contributed by atoms with E-state index in [2.05, 4.69) is 4.43 Å². The minimum atomic E-state index is -1.67. The number of hydrogen-bond acceptors (Lipinski definition) is 4. The molecule has 0 unspecified atom stereocenters. The van der Waals surface area contributed by atoms with Gasteiger partial charge in [0.05, 0.1) is 0 Å². The maximum atomic E-state index is 4.74. The van der Waals surface area contributed by atoms with E-state index in [-0.39, 0.29) is 0 Å². The number of rotatable bonds is 3. The van der Waals surface area contributed by atoms with Gasteiger partial charge in [-0.05, 0) is 0 Å². The molecule has 6 heteroatoms. The van der Waals surface area contributed by atoms with Crippen LogP contribution in [-0.4, -0.2) is 48.5 Å². The van der Waals surface area contributed by atoms with Crippen molar-refractivity contribution in [1.82, 2.24) is 0 Å². The molecule has 10 heavy (non-hydrogen) atoms. The average Bonchev–Trinajstić information content (AvgIpc) is 1.93. The predicted molar refractivity (Wildman–Crippen MR) is 45.1 cm³/mol. The molecule has 0 bridgehead atoms. The van der Waals surface area contributed by atoms with E-state index in [9.17, 15) is 0 Å². The van der Waals surface area contributed by atoms with Gasteiger partial charge in [-0.1, -0.05) is 0 Å². The van der Waals surface area contributed by atoms with Gasteiger partial charge in [-0.25, -0.2) is 0 Å². The van der Waals surface area contributed by atoms with Gasteiger partial charge < -0.3 is 17.7 Å². The first kappa shape index (κ1) is 12.9. The van der Waals surface area contributed by atoms with Gasteiger partial charge in [0.2, 0.25) is 0 Å². The second-order valence-electron chi connectivity index (χ2n) is 1.40. The summed E-state index contributed by atoms with van der Waals surface area (Å²) in [4.78, 5) is 0. The highest BCUT2D eigenvalue weighted by atomic mass is 28.3. The molecule has 0 radical (unpaired) electrons. The van der Waals surface area contributed by atoms with Gasteiger partial charge in [0.1, 0.15) is 10.5 Å². The Morgan fingerprint density at radius 1 is 0.900 bits per heavy atom. The third-order valence-electron chi connectivity index (χ3n) is 0.577. The predicted octanol–water partition coefficient (Wildman–Crippen LogP) is -1.44. The van der Waals surface area contributed by atoms with Gasteiger partial charge in [0, 0.05) is 28.4 Å². The summed E-state index contributed by atoms with van der Waals surface area (Å²) in [5, 5.41) is 0. The van der Waals surface area contributed by atoms with E-state index >= 15 is 0 Å². The molecule has 0 atom stereocenters. The minimum absolute atomic E-state index is 0.869. The van der Waals surface area contributed by atoms with Crippen LogP contribution < -0.4 is 0 Å². The fraction of sp³-hybridized carbons (Fsp3) is 1.00. The van der Waals surface area contributed by atoms with Crippen LogP contribution >= 0.6 is 0 Å². The van der Waals surface area contributed by atoms with Crippen molar-refractivity contribution in [2.75, 3.05) is 28.4 Å². The van der Waals surface area contributed by atoms with Crippen LogP contribution in [0.1, 0.15) is 0 Å². The Kier molecular flexibility index (Phi) is 15.5. The van der Waals surface area contributed by atoms with Crippen molar-refractivity contribution in [2.24, 2.45) is 0 Å². The largest absolute Gasteiger partial charge is 0.483 e. The van der Waals surface area contributed by atoms with Gasteiger partial charge in [0.25, 0.3) is 0 Å². The lowest BCUT2D eigenvalue weighted by atomic mass is 11.8. The van der Waals surface area contributed by atoms with Gasteiger partial charge in [-0.3, -0.25) is 0 Å². The first-order chi connectivity index (χ1) is 4.76. The lowest BCUT2D eigenvalue weighted by molar-refractivity contribution is 0.163. The summed E-state index contributed by atoms with van der Waals surface area (Å²) in [6, 6.07) is 0. The van der Waals surface area contributed by atoms with Crippen molar-refractivity contribution < 1.29 is 17.7 Å². The Labute approximate surface area is 66.9 Å². The highest BCUT2D eigenvalue weighted by Crippen LogP contribution is 1.81. The molecule has 0 saturated heterocycles. The standard InChI is InChI=1S/C3H10O3Si.CH6OSi/c1-4-7(5-2)6-3;1-2-3/h7H,1-3H3;1,3H3. The lowest BCUT2D eigenvalue weighted by Crippen LogP contribution is -2.21. The van der Waals surface area contributed by atoms with Crippen molar-refractivity contribution in [3.05, 3.63) is 0 Å². The Morgan fingerprint density at radius 3 is 1.10 bits per heavy atom. The smallest absolute Gasteiger partial charge is 0.431 e. The summed E-state index contributed by atoms with van der Waals surface area (Å²) in [7, 11) is 5.60. The second-order valence-corrected chi connectivity index (χ2v) is 4.21. The van der Waals surface area contributed by atoms with Crippen molar-refractivity contribution >= 4 is 20.0 Å². The first-order valence-electron chi connectivity index (χ1n) is 2.75. The summed E-state index contributed by atoms with van der Waals surface area (Å²) in [6.45, 7) is 0. The zero-order valence-electron chi connectivity index (χ0n) is 7.21. The van der Waals surface area contributed by atoms with E-state index in [1.165, 1.54) is 0 Å². The Balaban J connectivity index is 0. The molecule has 0 aliphatic heterocycles. The molecule has 0 aliphatic rings. The molecule has 0 aromatic heterocycles. The first-order valence-corrected chi connectivity index (χ1v) is 4.98. The maximum Gasteiger partial charge on any atom is 0.483 e. The van der Waals surface area contributed by atoms with Crippen LogP contribution in [0.5, 0.6) is 0 Å². The summed E-state index contributed by atoms with van der Waals surface area (Å²) in [6.07, 6.45) is 0. The van der Waals surface area contributed by atoms with Crippen LogP contribution in [0.2, 0.25) is 0 Å². The summed E-state index contributed by atoms with van der Waals surface area (Å²) < 4.78 is 18.6. The normalized spacial score (nSPS) is 9.30. The van der Waals surface area contributed by atoms with Crippen molar-refractivity contribution in [1.29, 1.82) is 0 Å². The molecular weight excluding hydrogens is 168 g/mol. The highest BCUT2D eigenvalue weighted by molar-refractivity contribution is 6.36. The molecule has 0 fully saturated rings. The summed E-state index contributed by atoms with van der Waals surface area (Å²) >= 11 is 0. The van der Waals surface area contributed by atoms with Gasteiger partial charge in [-0.2, -0.15) is 0 Å². The molecule has 0 saturated carbocycles. The van der Waals surface area contributed by atoms with E-state index in [4.69, 9.17) is 13.3 Å². The van der Waals surface area contributed by atoms with Crippen LogP contribution in [0.4, 0.5) is 0 Å². The third-order valence-corrected chi connectivity index (χ3v) is 1.73. The fourth-order valence-electron chi connectivity index (χ4n) is 0.289. The fourth-order valence-corrected chi connectivity index (χ4v) is 0.866. The molecule has 0 aliphatic carbocycles. The topological polar surface area (TPSA) is 36.9 Å². The quantitative estimate of drug-likeness (QED) is 0.503. The molecule has 0 N–H and O–H groups in total. The third kappa shape index (κ3) is 11.1. The summed E-state index contributed by atoms with van der Waals surface area (Å²) in [5.41, 5.74) is 0. The van der Waals surface area contributed by atoms with E-state index < -0.39 is 9.53 Å². The van der Waals surface area contributed by atoms with E-state index in [0.717, 1.165) is 10.5 Å². The second kappa shape index (κ2) is 12.0. The molecular formula is C4H16O4Si2. The summed E-state index contributed by atoms with van der Waals surface area (Å²) in [5.74, 6) is 0. The molecule has 0 aromatic carbocycles. The van der Waals surface area contributed by atoms with Crippen LogP contribution in [-0.2, 0) is 17.7 Å². The molecule has 0 spiro atoms. The molecule has 0 aromatic rings. The van der Waals surface area contributed by atoms with Gasteiger partial charge in [0.15, 0.2) is 0 Å². The van der Waals surface area contributed by atoms with Gasteiger partial charge >= 0.3 is 9.53 Å². The molecule has 0 amide bonds. The van der Waals surface area contributed by atoms with E-state index in [1.807, 2.05) is 0 Å². The van der Waals surface area contributed by atoms with Crippen molar-refractivity contribution in [3.63, 3.8) is 0 Å². The SMILES string of the molecule is CO[SiH3].CO[SiH](OC)OC. The highest BCUT2D eigenvalue weighted by Gasteiger charge is 2.04.